The van der Waals surface area contributed by atoms with Crippen molar-refractivity contribution >= 4 is 17.5 Å². The molecule has 2 heteroatoms. The lowest BCUT2D eigenvalue weighted by Crippen LogP contribution is -1.95. The monoisotopic (exact) mass is 284 g/mol. The molecule has 0 aliphatic carbocycles. The molecule has 0 saturated heterocycles. The van der Waals surface area contributed by atoms with Crippen LogP contribution in [0.1, 0.15) is 49.0 Å². The number of benzene rings is 2. The minimum Gasteiger partial charge on any atom is -0.294 e. The van der Waals surface area contributed by atoms with Crippen LogP contribution in [0.2, 0.25) is 0 Å². The average molecular weight is 284 g/mol. The van der Waals surface area contributed by atoms with Gasteiger partial charge >= 0.3 is 0 Å². The molecule has 0 N–H and O–H groups in total. The fourth-order valence-corrected chi connectivity index (χ4v) is 2.79. The van der Waals surface area contributed by atoms with E-state index >= 15 is 0 Å². The Balaban J connectivity index is 2.08. The van der Waals surface area contributed by atoms with Gasteiger partial charge in [-0.1, -0.05) is 56.8 Å². The van der Waals surface area contributed by atoms with Crippen molar-refractivity contribution in [2.24, 2.45) is 0 Å². The van der Waals surface area contributed by atoms with Crippen LogP contribution in [0.3, 0.4) is 0 Å². The number of Topliss-reactive ketones (excluding diaryl/α,β-unsaturated/α-hetero) is 1. The number of ketones is 1. The summed E-state index contributed by atoms with van der Waals surface area (Å²) in [5.74, 6) is 0.760. The third kappa shape index (κ3) is 3.73. The SMILES string of the molecule is CCC(=O)c1ccc(Sc2ccc(C(C)C)cc2)cc1. The van der Waals surface area contributed by atoms with Gasteiger partial charge in [0.05, 0.1) is 0 Å². The maximum atomic E-state index is 11.6. The Kier molecular flexibility index (Phi) is 5.02. The number of carbonyl (C=O) groups is 1. The molecule has 0 fully saturated rings. The largest absolute Gasteiger partial charge is 0.294 e. The van der Waals surface area contributed by atoms with E-state index in [9.17, 15) is 4.79 Å². The van der Waals surface area contributed by atoms with Crippen LogP contribution in [0.4, 0.5) is 0 Å². The second kappa shape index (κ2) is 6.76. The topological polar surface area (TPSA) is 17.1 Å². The van der Waals surface area contributed by atoms with E-state index in [-0.39, 0.29) is 5.78 Å². The molecular weight excluding hydrogens is 264 g/mol. The number of hydrogen-bond acceptors (Lipinski definition) is 2. The van der Waals surface area contributed by atoms with Gasteiger partial charge in [-0.25, -0.2) is 0 Å². The predicted octanol–water partition coefficient (Wildman–Crippen LogP) is 5.55. The van der Waals surface area contributed by atoms with Crippen LogP contribution >= 0.6 is 11.8 Å². The number of rotatable bonds is 5. The van der Waals surface area contributed by atoms with Gasteiger partial charge in [-0.3, -0.25) is 4.79 Å². The summed E-state index contributed by atoms with van der Waals surface area (Å²) in [4.78, 5) is 14.0. The third-order valence-electron chi connectivity index (χ3n) is 3.28. The highest BCUT2D eigenvalue weighted by atomic mass is 32.2. The molecule has 2 aromatic rings. The molecule has 0 bridgehead atoms. The molecule has 104 valence electrons. The lowest BCUT2D eigenvalue weighted by molar-refractivity contribution is 0.0988. The highest BCUT2D eigenvalue weighted by Crippen LogP contribution is 2.29. The van der Waals surface area contributed by atoms with Gasteiger partial charge in [0.1, 0.15) is 0 Å². The molecule has 0 spiro atoms. The summed E-state index contributed by atoms with van der Waals surface area (Å²) >= 11 is 1.72. The quantitative estimate of drug-likeness (QED) is 0.669. The van der Waals surface area contributed by atoms with Crippen molar-refractivity contribution in [1.82, 2.24) is 0 Å². The fraction of sp³-hybridized carbons (Fsp3) is 0.278. The first-order valence-electron chi connectivity index (χ1n) is 7.01. The maximum Gasteiger partial charge on any atom is 0.162 e. The van der Waals surface area contributed by atoms with E-state index in [4.69, 9.17) is 0 Å². The zero-order valence-corrected chi connectivity index (χ0v) is 13.0. The van der Waals surface area contributed by atoms with Crippen molar-refractivity contribution in [3.63, 3.8) is 0 Å². The van der Waals surface area contributed by atoms with Gasteiger partial charge in [-0.2, -0.15) is 0 Å². The summed E-state index contributed by atoms with van der Waals surface area (Å²) in [7, 11) is 0. The Morgan fingerprint density at radius 2 is 1.45 bits per heavy atom. The average Bonchev–Trinajstić information content (AvgIpc) is 2.48. The van der Waals surface area contributed by atoms with Crippen molar-refractivity contribution in [2.75, 3.05) is 0 Å². The Bertz CT molecular complexity index is 567. The van der Waals surface area contributed by atoms with Crippen molar-refractivity contribution in [3.05, 3.63) is 59.7 Å². The van der Waals surface area contributed by atoms with Gasteiger partial charge in [0.2, 0.25) is 0 Å². The second-order valence-electron chi connectivity index (χ2n) is 5.13. The van der Waals surface area contributed by atoms with Crippen LogP contribution in [0.15, 0.2) is 58.3 Å². The summed E-state index contributed by atoms with van der Waals surface area (Å²) in [6, 6.07) is 16.5. The lowest BCUT2D eigenvalue weighted by Gasteiger charge is -2.07. The van der Waals surface area contributed by atoms with E-state index in [1.807, 2.05) is 31.2 Å². The van der Waals surface area contributed by atoms with E-state index in [1.165, 1.54) is 10.5 Å². The van der Waals surface area contributed by atoms with E-state index in [0.29, 0.717) is 12.3 Å². The minimum absolute atomic E-state index is 0.197. The van der Waals surface area contributed by atoms with Crippen LogP contribution in [0.25, 0.3) is 0 Å². The summed E-state index contributed by atoms with van der Waals surface area (Å²) in [5.41, 5.74) is 2.16. The molecule has 0 aliphatic heterocycles. The highest BCUT2D eigenvalue weighted by molar-refractivity contribution is 7.99. The first-order chi connectivity index (χ1) is 9.60. The van der Waals surface area contributed by atoms with Crippen molar-refractivity contribution in [2.45, 2.75) is 42.9 Å². The minimum atomic E-state index is 0.197. The van der Waals surface area contributed by atoms with E-state index in [0.717, 1.165) is 10.5 Å². The molecular formula is C18H20OS. The molecule has 0 saturated carbocycles. The molecule has 0 aliphatic rings. The van der Waals surface area contributed by atoms with E-state index in [1.54, 1.807) is 11.8 Å². The summed E-state index contributed by atoms with van der Waals surface area (Å²) in [5, 5.41) is 0. The fourth-order valence-electron chi connectivity index (χ4n) is 1.97. The molecule has 20 heavy (non-hydrogen) atoms. The van der Waals surface area contributed by atoms with Gasteiger partial charge < -0.3 is 0 Å². The van der Waals surface area contributed by atoms with Crippen LogP contribution in [-0.2, 0) is 0 Å². The number of hydrogen-bond donors (Lipinski definition) is 0. The third-order valence-corrected chi connectivity index (χ3v) is 4.30. The summed E-state index contributed by atoms with van der Waals surface area (Å²) < 4.78 is 0. The smallest absolute Gasteiger partial charge is 0.162 e. The van der Waals surface area contributed by atoms with Gasteiger partial charge in [0.15, 0.2) is 5.78 Å². The summed E-state index contributed by atoms with van der Waals surface area (Å²) in [6.45, 7) is 6.29. The van der Waals surface area contributed by atoms with Crippen LogP contribution < -0.4 is 0 Å². The van der Waals surface area contributed by atoms with E-state index < -0.39 is 0 Å². The predicted molar refractivity (Wildman–Crippen MR) is 85.7 cm³/mol. The molecule has 2 rings (SSSR count). The molecule has 0 amide bonds. The first kappa shape index (κ1) is 14.9. The Morgan fingerprint density at radius 1 is 0.950 bits per heavy atom. The summed E-state index contributed by atoms with van der Waals surface area (Å²) in [6.07, 6.45) is 0.559. The lowest BCUT2D eigenvalue weighted by atomic mass is 10.0. The van der Waals surface area contributed by atoms with Crippen molar-refractivity contribution in [3.8, 4) is 0 Å². The zero-order valence-electron chi connectivity index (χ0n) is 12.2. The van der Waals surface area contributed by atoms with Gasteiger partial charge in [0.25, 0.3) is 0 Å². The molecule has 0 radical (unpaired) electrons. The van der Waals surface area contributed by atoms with Crippen LogP contribution in [0, 0.1) is 0 Å². The Hall–Kier alpha value is -1.54. The molecule has 0 unspecified atom stereocenters. The van der Waals surface area contributed by atoms with Crippen molar-refractivity contribution in [1.29, 1.82) is 0 Å². The van der Waals surface area contributed by atoms with Crippen LogP contribution in [0.5, 0.6) is 0 Å². The van der Waals surface area contributed by atoms with Gasteiger partial charge in [-0.15, -0.1) is 0 Å². The maximum absolute atomic E-state index is 11.6. The zero-order chi connectivity index (χ0) is 14.5. The Labute approximate surface area is 125 Å². The standard InChI is InChI=1S/C18H20OS/c1-4-18(19)15-7-11-17(12-8-15)20-16-9-5-14(6-10-16)13(2)3/h5-13H,4H2,1-3H3. The van der Waals surface area contributed by atoms with Crippen LogP contribution in [-0.4, -0.2) is 5.78 Å². The molecule has 2 aromatic carbocycles. The normalized spacial score (nSPS) is 10.8. The molecule has 1 nitrogen and oxygen atoms in total. The van der Waals surface area contributed by atoms with Gasteiger partial charge in [-0.05, 0) is 35.7 Å². The van der Waals surface area contributed by atoms with Gasteiger partial charge in [0, 0.05) is 21.8 Å². The molecule has 0 aromatic heterocycles. The molecule has 0 atom stereocenters. The first-order valence-corrected chi connectivity index (χ1v) is 7.83. The second-order valence-corrected chi connectivity index (χ2v) is 6.27. The van der Waals surface area contributed by atoms with E-state index in [2.05, 4.69) is 38.1 Å². The Morgan fingerprint density at radius 3 is 1.90 bits per heavy atom. The van der Waals surface area contributed by atoms with Crippen molar-refractivity contribution < 1.29 is 4.79 Å². The molecule has 0 heterocycles. The highest BCUT2D eigenvalue weighted by Gasteiger charge is 2.04. The number of carbonyl (C=O) groups excluding carboxylic acids is 1.